The van der Waals surface area contributed by atoms with Crippen LogP contribution in [0.3, 0.4) is 0 Å². The molecule has 0 spiro atoms. The van der Waals surface area contributed by atoms with E-state index in [4.69, 9.17) is 0 Å². The maximum Gasteiger partial charge on any atom is 0.269 e. The zero-order valence-corrected chi connectivity index (χ0v) is 10.8. The Morgan fingerprint density at radius 2 is 2.26 bits per heavy atom. The van der Waals surface area contributed by atoms with Crippen molar-refractivity contribution in [3.63, 3.8) is 0 Å². The van der Waals surface area contributed by atoms with Gasteiger partial charge in [-0.05, 0) is 12.8 Å². The predicted molar refractivity (Wildman–Crippen MR) is 69.5 cm³/mol. The van der Waals surface area contributed by atoms with Gasteiger partial charge in [-0.3, -0.25) is 14.4 Å². The molecule has 0 aromatic heterocycles. The zero-order chi connectivity index (χ0) is 13.8. The van der Waals surface area contributed by atoms with Crippen LogP contribution in [-0.2, 0) is 14.4 Å². The molecule has 0 radical (unpaired) electrons. The smallest absolute Gasteiger partial charge is 0.269 e. The average Bonchev–Trinajstić information content (AvgIpc) is 2.46. The van der Waals surface area contributed by atoms with Gasteiger partial charge in [-0.25, -0.2) is 4.99 Å². The normalized spacial score (nSPS) is 26.4. The van der Waals surface area contributed by atoms with Gasteiger partial charge in [0.1, 0.15) is 0 Å². The van der Waals surface area contributed by atoms with Gasteiger partial charge >= 0.3 is 0 Å². The second-order valence-corrected chi connectivity index (χ2v) is 4.74. The van der Waals surface area contributed by atoms with E-state index >= 15 is 0 Å². The summed E-state index contributed by atoms with van der Waals surface area (Å²) in [5, 5.41) is 2.62. The number of dihydropyridines is 1. The second-order valence-electron chi connectivity index (χ2n) is 4.74. The van der Waals surface area contributed by atoms with Crippen molar-refractivity contribution in [3.05, 3.63) is 12.2 Å². The first-order valence-electron chi connectivity index (χ1n) is 6.38. The summed E-state index contributed by atoms with van der Waals surface area (Å²) < 4.78 is 0. The van der Waals surface area contributed by atoms with Crippen molar-refractivity contribution in [1.82, 2.24) is 10.2 Å². The van der Waals surface area contributed by atoms with E-state index in [0.29, 0.717) is 13.1 Å². The van der Waals surface area contributed by atoms with Crippen molar-refractivity contribution in [2.24, 2.45) is 16.8 Å². The van der Waals surface area contributed by atoms with E-state index in [0.717, 1.165) is 12.8 Å². The monoisotopic (exact) mass is 263 g/mol. The summed E-state index contributed by atoms with van der Waals surface area (Å²) >= 11 is 0. The Morgan fingerprint density at radius 3 is 2.89 bits per heavy atom. The molecule has 2 aliphatic heterocycles. The van der Waals surface area contributed by atoms with Gasteiger partial charge in [0.15, 0.2) is 0 Å². The van der Waals surface area contributed by atoms with Crippen LogP contribution in [0.15, 0.2) is 17.1 Å². The molecule has 1 N–H and O–H groups in total. The SMILES string of the molecule is CNC(=O)C1CCCN(C(=O)C2C=CC(=O)N=C2)C1. The third-order valence-corrected chi connectivity index (χ3v) is 3.44. The Labute approximate surface area is 111 Å². The number of likely N-dealkylation sites (tertiary alicyclic amines) is 1. The summed E-state index contributed by atoms with van der Waals surface area (Å²) in [7, 11) is 1.60. The first-order chi connectivity index (χ1) is 9.11. The van der Waals surface area contributed by atoms with Crippen molar-refractivity contribution in [2.75, 3.05) is 20.1 Å². The molecule has 2 unspecified atom stereocenters. The molecule has 1 fully saturated rings. The van der Waals surface area contributed by atoms with Gasteiger partial charge in [0.25, 0.3) is 5.91 Å². The molecule has 102 valence electrons. The van der Waals surface area contributed by atoms with Crippen LogP contribution in [0, 0.1) is 11.8 Å². The van der Waals surface area contributed by atoms with Crippen molar-refractivity contribution >= 4 is 23.9 Å². The number of rotatable bonds is 2. The lowest BCUT2D eigenvalue weighted by Gasteiger charge is -2.33. The Morgan fingerprint density at radius 1 is 1.47 bits per heavy atom. The molecule has 2 atom stereocenters. The Balaban J connectivity index is 1.99. The van der Waals surface area contributed by atoms with Gasteiger partial charge in [0, 0.05) is 32.4 Å². The molecule has 0 aromatic rings. The van der Waals surface area contributed by atoms with Crippen LogP contribution in [-0.4, -0.2) is 49.0 Å². The largest absolute Gasteiger partial charge is 0.359 e. The minimum atomic E-state index is -0.485. The first-order valence-corrected chi connectivity index (χ1v) is 6.38. The molecular weight excluding hydrogens is 246 g/mol. The standard InChI is InChI=1S/C13H17N3O3/c1-14-12(18)10-3-2-6-16(8-10)13(19)9-4-5-11(17)15-7-9/h4-5,7,9-10H,2-3,6,8H2,1H3,(H,14,18). The summed E-state index contributed by atoms with van der Waals surface area (Å²) in [5.41, 5.74) is 0. The highest BCUT2D eigenvalue weighted by Crippen LogP contribution is 2.19. The highest BCUT2D eigenvalue weighted by atomic mass is 16.2. The summed E-state index contributed by atoms with van der Waals surface area (Å²) in [6.45, 7) is 1.09. The fourth-order valence-electron chi connectivity index (χ4n) is 2.38. The van der Waals surface area contributed by atoms with Crippen molar-refractivity contribution in [3.8, 4) is 0 Å². The summed E-state index contributed by atoms with van der Waals surface area (Å²) in [5.74, 6) is -1.09. The topological polar surface area (TPSA) is 78.8 Å². The maximum absolute atomic E-state index is 12.3. The van der Waals surface area contributed by atoms with Crippen molar-refractivity contribution < 1.29 is 14.4 Å². The van der Waals surface area contributed by atoms with Gasteiger partial charge in [0.05, 0.1) is 11.8 Å². The number of hydrogen-bond acceptors (Lipinski definition) is 3. The van der Waals surface area contributed by atoms with Crippen LogP contribution in [0.5, 0.6) is 0 Å². The lowest BCUT2D eigenvalue weighted by Crippen LogP contribution is -2.47. The molecule has 6 nitrogen and oxygen atoms in total. The number of aliphatic imine (C=N–C) groups is 1. The second kappa shape index (κ2) is 5.77. The molecule has 0 bridgehead atoms. The van der Waals surface area contributed by atoms with E-state index in [1.54, 1.807) is 18.0 Å². The molecular formula is C13H17N3O3. The highest BCUT2D eigenvalue weighted by Gasteiger charge is 2.30. The number of carbonyl (C=O) groups is 3. The lowest BCUT2D eigenvalue weighted by molar-refractivity contribution is -0.136. The van der Waals surface area contributed by atoms with E-state index in [9.17, 15) is 14.4 Å². The number of nitrogens with one attached hydrogen (secondary N) is 1. The van der Waals surface area contributed by atoms with Gasteiger partial charge in [0.2, 0.25) is 11.8 Å². The zero-order valence-electron chi connectivity index (χ0n) is 10.8. The van der Waals surface area contributed by atoms with E-state index in [2.05, 4.69) is 10.3 Å². The van der Waals surface area contributed by atoms with E-state index in [-0.39, 0.29) is 23.6 Å². The first kappa shape index (κ1) is 13.5. The molecule has 19 heavy (non-hydrogen) atoms. The van der Waals surface area contributed by atoms with Gasteiger partial charge in [-0.2, -0.15) is 0 Å². The van der Waals surface area contributed by atoms with Crippen LogP contribution in [0.25, 0.3) is 0 Å². The summed E-state index contributed by atoms with van der Waals surface area (Å²) in [6, 6.07) is 0. The van der Waals surface area contributed by atoms with Crippen molar-refractivity contribution in [2.45, 2.75) is 12.8 Å². The molecule has 6 heteroatoms. The minimum absolute atomic E-state index is 0.0273. The number of carbonyl (C=O) groups excluding carboxylic acids is 3. The van der Waals surface area contributed by atoms with Crippen molar-refractivity contribution in [1.29, 1.82) is 0 Å². The third kappa shape index (κ3) is 3.07. The molecule has 1 saturated heterocycles. The Bertz CT molecular complexity index is 440. The van der Waals surface area contributed by atoms with Gasteiger partial charge in [-0.1, -0.05) is 6.08 Å². The quantitative estimate of drug-likeness (QED) is 0.746. The summed E-state index contributed by atoms with van der Waals surface area (Å²) in [6.07, 6.45) is 5.85. The third-order valence-electron chi connectivity index (χ3n) is 3.44. The Kier molecular flexibility index (Phi) is 4.09. The Hall–Kier alpha value is -1.98. The number of piperidine rings is 1. The number of hydrogen-bond donors (Lipinski definition) is 1. The maximum atomic E-state index is 12.3. The number of amides is 3. The fraction of sp³-hybridized carbons (Fsp3) is 0.538. The molecule has 0 saturated carbocycles. The van der Waals surface area contributed by atoms with E-state index < -0.39 is 5.92 Å². The molecule has 2 heterocycles. The van der Waals surface area contributed by atoms with Crippen LogP contribution in [0.4, 0.5) is 0 Å². The van der Waals surface area contributed by atoms with Gasteiger partial charge < -0.3 is 10.2 Å². The van der Waals surface area contributed by atoms with Crippen LogP contribution < -0.4 is 5.32 Å². The lowest BCUT2D eigenvalue weighted by atomic mass is 9.95. The highest BCUT2D eigenvalue weighted by molar-refractivity contribution is 6.05. The summed E-state index contributed by atoms with van der Waals surface area (Å²) in [4.78, 5) is 40.1. The molecule has 0 aliphatic carbocycles. The number of nitrogens with zero attached hydrogens (tertiary/aromatic N) is 2. The van der Waals surface area contributed by atoms with Gasteiger partial charge in [-0.15, -0.1) is 0 Å². The van der Waals surface area contributed by atoms with Crippen LogP contribution in [0.2, 0.25) is 0 Å². The van der Waals surface area contributed by atoms with Crippen LogP contribution in [0.1, 0.15) is 12.8 Å². The van der Waals surface area contributed by atoms with E-state index in [1.807, 2.05) is 0 Å². The average molecular weight is 263 g/mol. The van der Waals surface area contributed by atoms with Crippen LogP contribution >= 0.6 is 0 Å². The molecule has 2 rings (SSSR count). The molecule has 0 aromatic carbocycles. The fourth-order valence-corrected chi connectivity index (χ4v) is 2.38. The molecule has 2 aliphatic rings. The predicted octanol–water partition coefficient (Wildman–Crippen LogP) is -0.246. The minimum Gasteiger partial charge on any atom is -0.359 e. The van der Waals surface area contributed by atoms with E-state index in [1.165, 1.54) is 12.3 Å². The molecule has 3 amide bonds.